The third-order valence-corrected chi connectivity index (χ3v) is 14.9. The van der Waals surface area contributed by atoms with Gasteiger partial charge >= 0.3 is 17.9 Å². The molecule has 0 spiro atoms. The zero-order valence-electron chi connectivity index (χ0n) is 51.2. The van der Waals surface area contributed by atoms with Gasteiger partial charge in [-0.1, -0.05) is 276 Å². The van der Waals surface area contributed by atoms with Crippen molar-refractivity contribution in [1.82, 2.24) is 0 Å². The Labute approximate surface area is 471 Å². The summed E-state index contributed by atoms with van der Waals surface area (Å²) in [6.07, 6.45) is 68.6. The fraction of sp³-hybridized carbons (Fsp3) is 0.896. The number of hydrogen-bond acceptors (Lipinski definition) is 7. The van der Waals surface area contributed by atoms with Crippen LogP contribution in [0.5, 0.6) is 0 Å². The third-order valence-electron chi connectivity index (χ3n) is 14.9. The first-order valence-electron chi connectivity index (χ1n) is 33.0. The molecule has 0 bridgehead atoms. The predicted molar refractivity (Wildman–Crippen MR) is 323 cm³/mol. The van der Waals surface area contributed by atoms with Gasteiger partial charge in [0.05, 0.1) is 34.4 Å². The number of likely N-dealkylation sites (N-methyl/N-ethyl adjacent to an activating group) is 1. The van der Waals surface area contributed by atoms with E-state index < -0.39 is 18.4 Å². The van der Waals surface area contributed by atoms with Crippen LogP contribution in [0.1, 0.15) is 328 Å². The van der Waals surface area contributed by atoms with E-state index in [1.807, 2.05) is 21.1 Å². The fourth-order valence-corrected chi connectivity index (χ4v) is 9.83. The number of carboxylic acids is 1. The van der Waals surface area contributed by atoms with Gasteiger partial charge in [-0.15, -0.1) is 0 Å². The molecule has 0 aliphatic carbocycles. The lowest BCUT2D eigenvalue weighted by Gasteiger charge is -2.25. The Bertz CT molecular complexity index is 1300. The second kappa shape index (κ2) is 58.9. The van der Waals surface area contributed by atoms with Gasteiger partial charge in [0.1, 0.15) is 13.2 Å². The first-order chi connectivity index (χ1) is 37.1. The number of aliphatic carboxylic acids is 1. The molecule has 0 aliphatic heterocycles. The van der Waals surface area contributed by atoms with Crippen LogP contribution >= 0.6 is 0 Å². The molecule has 448 valence electrons. The number of nitrogens with zero attached hydrogens (tertiary/aromatic N) is 1. The Morgan fingerprint density at radius 2 is 0.671 bits per heavy atom. The van der Waals surface area contributed by atoms with E-state index in [1.165, 1.54) is 263 Å². The van der Waals surface area contributed by atoms with Crippen LogP contribution in [-0.2, 0) is 33.3 Å². The first kappa shape index (κ1) is 73.8. The van der Waals surface area contributed by atoms with Crippen molar-refractivity contribution in [3.63, 3.8) is 0 Å². The molecule has 0 aromatic carbocycles. The van der Waals surface area contributed by atoms with Crippen LogP contribution in [-0.4, -0.2) is 87.4 Å². The van der Waals surface area contributed by atoms with Crippen molar-refractivity contribution >= 4 is 17.9 Å². The van der Waals surface area contributed by atoms with Crippen LogP contribution in [0.25, 0.3) is 0 Å². The van der Waals surface area contributed by atoms with Crippen molar-refractivity contribution in [3.8, 4) is 0 Å². The van der Waals surface area contributed by atoms with Crippen LogP contribution in [0.4, 0.5) is 0 Å². The van der Waals surface area contributed by atoms with E-state index in [-0.39, 0.29) is 38.2 Å². The van der Waals surface area contributed by atoms with Gasteiger partial charge in [0.25, 0.3) is 6.29 Å². The number of rotatable bonds is 62. The molecule has 0 heterocycles. The molecule has 1 N–H and O–H groups in total. The summed E-state index contributed by atoms with van der Waals surface area (Å²) < 4.78 is 22.9. The summed E-state index contributed by atoms with van der Waals surface area (Å²) in [5, 5.41) is 9.72. The van der Waals surface area contributed by atoms with Gasteiger partial charge in [0, 0.05) is 12.8 Å². The van der Waals surface area contributed by atoms with Crippen LogP contribution in [0.2, 0.25) is 0 Å². The number of ether oxygens (including phenoxy) is 4. The zero-order chi connectivity index (χ0) is 55.5. The standard InChI is InChI=1S/C67H127NO8/c1-6-8-10-12-14-16-18-20-22-24-26-27-28-29-30-31-32-33-34-35-36-37-38-39-40-42-44-46-48-50-52-54-56-58-65(70)76-63(62-75-67(66(71)72)73-60-59-68(3,4)5)61-74-64(69)57-55-53-51-49-47-45-43-41-25-23-21-19-17-15-13-11-9-7-2/h23-26,63,67H,6-22,27-62H2,1-5H3/p+1/b25-23-,26-24-. The van der Waals surface area contributed by atoms with Crippen LogP contribution in [0, 0.1) is 0 Å². The first-order valence-corrected chi connectivity index (χ1v) is 33.0. The number of carbonyl (C=O) groups excluding carboxylic acids is 2. The average Bonchev–Trinajstić information content (AvgIpc) is 3.39. The van der Waals surface area contributed by atoms with Gasteiger partial charge in [-0.05, 0) is 64.2 Å². The van der Waals surface area contributed by atoms with Crippen LogP contribution < -0.4 is 0 Å². The van der Waals surface area contributed by atoms with Gasteiger partial charge in [-0.2, -0.15) is 0 Å². The lowest BCUT2D eigenvalue weighted by Crippen LogP contribution is -2.40. The van der Waals surface area contributed by atoms with Crippen LogP contribution in [0.3, 0.4) is 0 Å². The number of unbranched alkanes of at least 4 members (excludes halogenated alkanes) is 43. The SMILES string of the molecule is CCCCCCCCC/C=C\CCCCCCCCCC(=O)OCC(COC(OCC[N+](C)(C)C)C(=O)O)OC(=O)CCCCCCCCCCCCCCCCCCCCCCC/C=C\CCCCCCCCCC. The van der Waals surface area contributed by atoms with Crippen molar-refractivity contribution < 1.29 is 42.9 Å². The molecule has 2 atom stereocenters. The third kappa shape index (κ3) is 59.4. The molecule has 0 amide bonds. The Morgan fingerprint density at radius 3 is 0.974 bits per heavy atom. The zero-order valence-corrected chi connectivity index (χ0v) is 51.2. The van der Waals surface area contributed by atoms with Crippen molar-refractivity contribution in [2.75, 3.05) is 47.5 Å². The van der Waals surface area contributed by atoms with Crippen molar-refractivity contribution in [1.29, 1.82) is 0 Å². The average molecular weight is 1080 g/mol. The number of carboxylic acid groups (broad SMARTS) is 1. The number of hydrogen-bond donors (Lipinski definition) is 1. The Morgan fingerprint density at radius 1 is 0.382 bits per heavy atom. The highest BCUT2D eigenvalue weighted by molar-refractivity contribution is 5.71. The number of quaternary nitrogens is 1. The van der Waals surface area contributed by atoms with E-state index in [0.29, 0.717) is 17.4 Å². The van der Waals surface area contributed by atoms with Gasteiger partial charge in [-0.3, -0.25) is 9.59 Å². The Kier molecular flexibility index (Phi) is 57.2. The summed E-state index contributed by atoms with van der Waals surface area (Å²) in [5.41, 5.74) is 0. The van der Waals surface area contributed by atoms with Gasteiger partial charge in [-0.25, -0.2) is 4.79 Å². The molecular formula is C67H128NO8+. The molecule has 0 saturated heterocycles. The monoisotopic (exact) mass is 1070 g/mol. The highest BCUT2D eigenvalue weighted by Gasteiger charge is 2.25. The molecule has 2 unspecified atom stereocenters. The van der Waals surface area contributed by atoms with E-state index in [4.69, 9.17) is 18.9 Å². The summed E-state index contributed by atoms with van der Waals surface area (Å²) in [6.45, 7) is 4.93. The maximum absolute atomic E-state index is 12.9. The molecule has 0 aromatic heterocycles. The molecule has 0 saturated carbocycles. The Hall–Kier alpha value is -2.23. The molecule has 76 heavy (non-hydrogen) atoms. The molecule has 9 heteroatoms. The highest BCUT2D eigenvalue weighted by atomic mass is 16.7. The minimum Gasteiger partial charge on any atom is -0.477 e. The van der Waals surface area contributed by atoms with E-state index in [9.17, 15) is 19.5 Å². The molecule has 0 aromatic rings. The summed E-state index contributed by atoms with van der Waals surface area (Å²) in [4.78, 5) is 37.5. The highest BCUT2D eigenvalue weighted by Crippen LogP contribution is 2.18. The summed E-state index contributed by atoms with van der Waals surface area (Å²) >= 11 is 0. The summed E-state index contributed by atoms with van der Waals surface area (Å²) in [7, 11) is 5.98. The smallest absolute Gasteiger partial charge is 0.361 e. The van der Waals surface area contributed by atoms with Crippen molar-refractivity contribution in [2.45, 2.75) is 341 Å². The number of carbonyl (C=O) groups is 3. The quantitative estimate of drug-likeness (QED) is 0.0211. The van der Waals surface area contributed by atoms with E-state index >= 15 is 0 Å². The second-order valence-corrected chi connectivity index (χ2v) is 23.8. The molecule has 0 radical (unpaired) electrons. The molecule has 0 aliphatic rings. The fourth-order valence-electron chi connectivity index (χ4n) is 9.83. The number of allylic oxidation sites excluding steroid dienone is 4. The predicted octanol–water partition coefficient (Wildman–Crippen LogP) is 19.9. The van der Waals surface area contributed by atoms with Gasteiger partial charge < -0.3 is 28.5 Å². The van der Waals surface area contributed by atoms with Gasteiger partial charge in [0.2, 0.25) is 0 Å². The van der Waals surface area contributed by atoms with Crippen molar-refractivity contribution in [3.05, 3.63) is 24.3 Å². The summed E-state index contributed by atoms with van der Waals surface area (Å²) in [5.74, 6) is -1.99. The second-order valence-electron chi connectivity index (χ2n) is 23.8. The number of esters is 2. The van der Waals surface area contributed by atoms with E-state index in [2.05, 4.69) is 38.2 Å². The van der Waals surface area contributed by atoms with Gasteiger partial charge in [0.15, 0.2) is 6.10 Å². The largest absolute Gasteiger partial charge is 0.477 e. The lowest BCUT2D eigenvalue weighted by molar-refractivity contribution is -0.870. The normalized spacial score (nSPS) is 12.8. The van der Waals surface area contributed by atoms with E-state index in [0.717, 1.165) is 38.5 Å². The minimum absolute atomic E-state index is 0.179. The molecule has 0 rings (SSSR count). The Balaban J connectivity index is 4.05. The topological polar surface area (TPSA) is 108 Å². The van der Waals surface area contributed by atoms with Crippen LogP contribution in [0.15, 0.2) is 24.3 Å². The molecular weight excluding hydrogens is 947 g/mol. The summed E-state index contributed by atoms with van der Waals surface area (Å²) in [6, 6.07) is 0. The maximum atomic E-state index is 12.9. The maximum Gasteiger partial charge on any atom is 0.361 e. The molecule has 9 nitrogen and oxygen atoms in total. The van der Waals surface area contributed by atoms with E-state index in [1.54, 1.807) is 0 Å². The minimum atomic E-state index is -1.51. The molecule has 0 fully saturated rings. The lowest BCUT2D eigenvalue weighted by atomic mass is 10.0. The van der Waals surface area contributed by atoms with Crippen molar-refractivity contribution in [2.24, 2.45) is 0 Å².